The minimum absolute atomic E-state index is 0.227. The summed E-state index contributed by atoms with van der Waals surface area (Å²) in [7, 11) is 0. The molecule has 14 heavy (non-hydrogen) atoms. The molecule has 0 radical (unpaired) electrons. The van der Waals surface area contributed by atoms with Crippen LogP contribution in [0.5, 0.6) is 0 Å². The van der Waals surface area contributed by atoms with Crippen LogP contribution in [0.3, 0.4) is 0 Å². The minimum Gasteiger partial charge on any atom is -0.395 e. The molecule has 2 atom stereocenters. The van der Waals surface area contributed by atoms with Crippen LogP contribution in [0.1, 0.15) is 25.1 Å². The van der Waals surface area contributed by atoms with Crippen molar-refractivity contribution in [2.75, 3.05) is 6.61 Å². The fourth-order valence-electron chi connectivity index (χ4n) is 1.49. The lowest BCUT2D eigenvalue weighted by Gasteiger charge is -2.19. The third-order valence-electron chi connectivity index (χ3n) is 2.32. The second-order valence-electron chi connectivity index (χ2n) is 3.64. The zero-order valence-electron chi connectivity index (χ0n) is 8.86. The zero-order chi connectivity index (χ0) is 10.4. The second-order valence-corrected chi connectivity index (χ2v) is 4.67. The first-order chi connectivity index (χ1) is 6.76. The molecule has 0 bridgehead atoms. The third-order valence-corrected chi connectivity index (χ3v) is 3.22. The SMILES string of the molecule is CC[C@H](CO)NC(C)Cc1cccs1. The van der Waals surface area contributed by atoms with E-state index in [0.29, 0.717) is 6.04 Å². The summed E-state index contributed by atoms with van der Waals surface area (Å²) in [6, 6.07) is 4.91. The normalized spacial score (nSPS) is 15.4. The van der Waals surface area contributed by atoms with Gasteiger partial charge in [0, 0.05) is 17.0 Å². The number of aliphatic hydroxyl groups is 1. The molecule has 0 fully saturated rings. The Morgan fingerprint density at radius 2 is 2.36 bits per heavy atom. The van der Waals surface area contributed by atoms with Gasteiger partial charge in [-0.25, -0.2) is 0 Å². The van der Waals surface area contributed by atoms with Gasteiger partial charge in [0.1, 0.15) is 0 Å². The Hall–Kier alpha value is -0.380. The van der Waals surface area contributed by atoms with E-state index in [0.717, 1.165) is 12.8 Å². The summed E-state index contributed by atoms with van der Waals surface area (Å²) < 4.78 is 0. The predicted octanol–water partition coefficient (Wildman–Crippen LogP) is 2.04. The van der Waals surface area contributed by atoms with Crippen LogP contribution in [0, 0.1) is 0 Å². The van der Waals surface area contributed by atoms with Gasteiger partial charge >= 0.3 is 0 Å². The smallest absolute Gasteiger partial charge is 0.0584 e. The molecular formula is C11H19NOS. The molecule has 1 rings (SSSR count). The average Bonchev–Trinajstić information content (AvgIpc) is 2.66. The molecule has 0 spiro atoms. The lowest BCUT2D eigenvalue weighted by molar-refractivity contribution is 0.229. The van der Waals surface area contributed by atoms with Gasteiger partial charge in [0.15, 0.2) is 0 Å². The summed E-state index contributed by atoms with van der Waals surface area (Å²) in [6.07, 6.45) is 2.03. The van der Waals surface area contributed by atoms with Crippen LogP contribution in [-0.2, 0) is 6.42 Å². The van der Waals surface area contributed by atoms with Crippen molar-refractivity contribution in [3.8, 4) is 0 Å². The van der Waals surface area contributed by atoms with Gasteiger partial charge in [0.25, 0.3) is 0 Å². The molecule has 1 aromatic heterocycles. The maximum atomic E-state index is 9.04. The molecule has 0 amide bonds. The zero-order valence-corrected chi connectivity index (χ0v) is 9.68. The number of hydrogen-bond acceptors (Lipinski definition) is 3. The van der Waals surface area contributed by atoms with Gasteiger partial charge < -0.3 is 10.4 Å². The first-order valence-corrected chi connectivity index (χ1v) is 6.03. The molecule has 1 unspecified atom stereocenters. The van der Waals surface area contributed by atoms with E-state index >= 15 is 0 Å². The molecule has 0 saturated heterocycles. The van der Waals surface area contributed by atoms with E-state index in [4.69, 9.17) is 5.11 Å². The number of thiophene rings is 1. The molecule has 0 saturated carbocycles. The van der Waals surface area contributed by atoms with E-state index in [-0.39, 0.29) is 12.6 Å². The van der Waals surface area contributed by atoms with Gasteiger partial charge in [-0.2, -0.15) is 0 Å². The summed E-state index contributed by atoms with van der Waals surface area (Å²) >= 11 is 1.79. The van der Waals surface area contributed by atoms with Crippen LogP contribution < -0.4 is 5.32 Å². The molecule has 80 valence electrons. The molecule has 2 N–H and O–H groups in total. The minimum atomic E-state index is 0.227. The average molecular weight is 213 g/mol. The van der Waals surface area contributed by atoms with E-state index in [1.807, 2.05) is 0 Å². The summed E-state index contributed by atoms with van der Waals surface area (Å²) in [5.41, 5.74) is 0. The standard InChI is InChI=1S/C11H19NOS/c1-3-10(8-13)12-9(2)7-11-5-4-6-14-11/h4-6,9-10,12-13H,3,7-8H2,1-2H3/t9?,10-/m1/s1. The van der Waals surface area contributed by atoms with E-state index in [9.17, 15) is 0 Å². The third kappa shape index (κ3) is 3.78. The van der Waals surface area contributed by atoms with Crippen molar-refractivity contribution in [3.05, 3.63) is 22.4 Å². The van der Waals surface area contributed by atoms with Crippen LogP contribution in [0.4, 0.5) is 0 Å². The van der Waals surface area contributed by atoms with Gasteiger partial charge in [-0.1, -0.05) is 13.0 Å². The fraction of sp³-hybridized carbons (Fsp3) is 0.636. The predicted molar refractivity (Wildman–Crippen MR) is 61.8 cm³/mol. The molecule has 1 heterocycles. The van der Waals surface area contributed by atoms with Crippen LogP contribution >= 0.6 is 11.3 Å². The van der Waals surface area contributed by atoms with Gasteiger partial charge in [-0.15, -0.1) is 11.3 Å². The van der Waals surface area contributed by atoms with E-state index < -0.39 is 0 Å². The summed E-state index contributed by atoms with van der Waals surface area (Å²) in [4.78, 5) is 1.40. The van der Waals surface area contributed by atoms with Crippen molar-refractivity contribution < 1.29 is 5.11 Å². The van der Waals surface area contributed by atoms with E-state index in [2.05, 4.69) is 36.7 Å². The van der Waals surface area contributed by atoms with Gasteiger partial charge in [0.2, 0.25) is 0 Å². The lowest BCUT2D eigenvalue weighted by atomic mass is 10.1. The Morgan fingerprint density at radius 1 is 1.57 bits per heavy atom. The van der Waals surface area contributed by atoms with Crippen molar-refractivity contribution in [2.24, 2.45) is 0 Å². The number of nitrogens with one attached hydrogen (secondary N) is 1. The molecule has 3 heteroatoms. The monoisotopic (exact) mass is 213 g/mol. The fourth-order valence-corrected chi connectivity index (χ4v) is 2.33. The number of hydrogen-bond donors (Lipinski definition) is 2. The van der Waals surface area contributed by atoms with E-state index in [1.165, 1.54) is 4.88 Å². The summed E-state index contributed by atoms with van der Waals surface area (Å²) in [5.74, 6) is 0. The highest BCUT2D eigenvalue weighted by Gasteiger charge is 2.09. The highest BCUT2D eigenvalue weighted by molar-refractivity contribution is 7.09. The van der Waals surface area contributed by atoms with Crippen LogP contribution in [-0.4, -0.2) is 23.8 Å². The number of aliphatic hydroxyl groups excluding tert-OH is 1. The molecule has 2 nitrogen and oxygen atoms in total. The molecule has 1 aromatic rings. The lowest BCUT2D eigenvalue weighted by Crippen LogP contribution is -2.39. The van der Waals surface area contributed by atoms with Gasteiger partial charge in [0.05, 0.1) is 6.61 Å². The highest BCUT2D eigenvalue weighted by atomic mass is 32.1. The highest BCUT2D eigenvalue weighted by Crippen LogP contribution is 2.11. The summed E-state index contributed by atoms with van der Waals surface area (Å²) in [6.45, 7) is 4.48. The van der Waals surface area contributed by atoms with E-state index in [1.54, 1.807) is 11.3 Å². The van der Waals surface area contributed by atoms with Crippen molar-refractivity contribution in [2.45, 2.75) is 38.8 Å². The van der Waals surface area contributed by atoms with Gasteiger partial charge in [-0.3, -0.25) is 0 Å². The Morgan fingerprint density at radius 3 is 2.86 bits per heavy atom. The molecule has 0 aliphatic carbocycles. The molecule has 0 aliphatic heterocycles. The first kappa shape index (κ1) is 11.7. The second kappa shape index (κ2) is 6.17. The van der Waals surface area contributed by atoms with Crippen LogP contribution in [0.2, 0.25) is 0 Å². The quantitative estimate of drug-likeness (QED) is 0.758. The van der Waals surface area contributed by atoms with Crippen LogP contribution in [0.25, 0.3) is 0 Å². The molecular weight excluding hydrogens is 194 g/mol. The van der Waals surface area contributed by atoms with Gasteiger partial charge in [-0.05, 0) is 31.2 Å². The maximum Gasteiger partial charge on any atom is 0.0584 e. The molecule has 0 aromatic carbocycles. The maximum absolute atomic E-state index is 9.04. The Bertz CT molecular complexity index is 231. The summed E-state index contributed by atoms with van der Waals surface area (Å²) in [5, 5.41) is 14.6. The Labute approximate surface area is 90.0 Å². The largest absolute Gasteiger partial charge is 0.395 e. The topological polar surface area (TPSA) is 32.3 Å². The van der Waals surface area contributed by atoms with Crippen molar-refractivity contribution in [1.82, 2.24) is 5.32 Å². The Balaban J connectivity index is 2.31. The molecule has 0 aliphatic rings. The van der Waals surface area contributed by atoms with Crippen LogP contribution in [0.15, 0.2) is 17.5 Å². The first-order valence-electron chi connectivity index (χ1n) is 5.15. The van der Waals surface area contributed by atoms with Crippen molar-refractivity contribution in [3.63, 3.8) is 0 Å². The van der Waals surface area contributed by atoms with Crippen molar-refractivity contribution in [1.29, 1.82) is 0 Å². The Kier molecular flexibility index (Phi) is 5.15. The van der Waals surface area contributed by atoms with Crippen molar-refractivity contribution >= 4 is 11.3 Å². The number of rotatable bonds is 6.